The quantitative estimate of drug-likeness (QED) is 0.732. The molecule has 0 fully saturated rings. The molecule has 0 atom stereocenters. The van der Waals surface area contributed by atoms with E-state index in [1.54, 1.807) is 0 Å². The van der Waals surface area contributed by atoms with E-state index in [0.717, 1.165) is 16.8 Å². The Morgan fingerprint density at radius 3 is 3.23 bits per heavy atom. The standard InChI is InChI=1S/C8H9N3OS/c9-2-1-5-3-13-8-6(5)7(12)10-4-11-8/h3-4H,1-2,9H2,(H,10,11,12). The van der Waals surface area contributed by atoms with Gasteiger partial charge in [0.1, 0.15) is 4.83 Å². The summed E-state index contributed by atoms with van der Waals surface area (Å²) in [6, 6.07) is 0. The molecule has 2 rings (SSSR count). The molecule has 0 spiro atoms. The minimum atomic E-state index is -0.0744. The van der Waals surface area contributed by atoms with Gasteiger partial charge in [-0.3, -0.25) is 4.79 Å². The molecule has 0 bridgehead atoms. The highest BCUT2D eigenvalue weighted by Crippen LogP contribution is 2.19. The lowest BCUT2D eigenvalue weighted by Crippen LogP contribution is -2.09. The van der Waals surface area contributed by atoms with E-state index in [0.29, 0.717) is 11.9 Å². The second-order valence-electron chi connectivity index (χ2n) is 2.71. The lowest BCUT2D eigenvalue weighted by atomic mass is 10.2. The Kier molecular flexibility index (Phi) is 2.12. The van der Waals surface area contributed by atoms with E-state index in [9.17, 15) is 4.79 Å². The van der Waals surface area contributed by atoms with Gasteiger partial charge in [0.15, 0.2) is 0 Å². The summed E-state index contributed by atoms with van der Waals surface area (Å²) in [7, 11) is 0. The smallest absolute Gasteiger partial charge is 0.259 e. The van der Waals surface area contributed by atoms with Crippen LogP contribution in [0.3, 0.4) is 0 Å². The molecule has 3 N–H and O–H groups in total. The first-order valence-corrected chi connectivity index (χ1v) is 4.84. The summed E-state index contributed by atoms with van der Waals surface area (Å²) in [5, 5.41) is 2.64. The van der Waals surface area contributed by atoms with Crippen LogP contribution in [0.5, 0.6) is 0 Å². The van der Waals surface area contributed by atoms with Crippen LogP contribution >= 0.6 is 11.3 Å². The summed E-state index contributed by atoms with van der Waals surface area (Å²) in [6.45, 7) is 0.556. The van der Waals surface area contributed by atoms with Crippen molar-refractivity contribution >= 4 is 21.6 Å². The average Bonchev–Trinajstić information content (AvgIpc) is 2.51. The average molecular weight is 195 g/mol. The fourth-order valence-electron chi connectivity index (χ4n) is 1.28. The number of rotatable bonds is 2. The Morgan fingerprint density at radius 1 is 1.62 bits per heavy atom. The van der Waals surface area contributed by atoms with E-state index < -0.39 is 0 Å². The number of nitrogens with zero attached hydrogens (tertiary/aromatic N) is 1. The lowest BCUT2D eigenvalue weighted by Gasteiger charge is -1.93. The summed E-state index contributed by atoms with van der Waals surface area (Å²) < 4.78 is 0. The zero-order valence-electron chi connectivity index (χ0n) is 6.91. The molecule has 13 heavy (non-hydrogen) atoms. The van der Waals surface area contributed by atoms with Gasteiger partial charge >= 0.3 is 0 Å². The third-order valence-corrected chi connectivity index (χ3v) is 2.80. The number of hydrogen-bond donors (Lipinski definition) is 2. The number of H-pyrrole nitrogens is 1. The first-order chi connectivity index (χ1) is 6.33. The molecule has 2 aromatic heterocycles. The van der Waals surface area contributed by atoms with E-state index in [1.165, 1.54) is 17.7 Å². The first-order valence-electron chi connectivity index (χ1n) is 3.96. The van der Waals surface area contributed by atoms with Gasteiger partial charge in [-0.15, -0.1) is 11.3 Å². The third kappa shape index (κ3) is 1.36. The normalized spacial score (nSPS) is 10.8. The molecule has 0 aliphatic heterocycles. The van der Waals surface area contributed by atoms with Crippen LogP contribution in [0.2, 0.25) is 0 Å². The van der Waals surface area contributed by atoms with Crippen LogP contribution in [-0.2, 0) is 6.42 Å². The first kappa shape index (κ1) is 8.40. The number of nitrogens with two attached hydrogens (primary N) is 1. The maximum Gasteiger partial charge on any atom is 0.259 e. The highest BCUT2D eigenvalue weighted by Gasteiger charge is 2.07. The molecule has 0 unspecified atom stereocenters. The van der Waals surface area contributed by atoms with E-state index in [2.05, 4.69) is 9.97 Å². The van der Waals surface area contributed by atoms with Crippen molar-refractivity contribution in [3.63, 3.8) is 0 Å². The van der Waals surface area contributed by atoms with Crippen molar-refractivity contribution in [1.82, 2.24) is 9.97 Å². The Bertz CT molecular complexity index is 473. The summed E-state index contributed by atoms with van der Waals surface area (Å²) in [5.74, 6) is 0. The third-order valence-electron chi connectivity index (χ3n) is 1.87. The molecule has 5 heteroatoms. The minimum Gasteiger partial charge on any atom is -0.330 e. The number of thiophene rings is 1. The van der Waals surface area contributed by atoms with E-state index in [4.69, 9.17) is 5.73 Å². The second kappa shape index (κ2) is 3.27. The van der Waals surface area contributed by atoms with Crippen LogP contribution in [0.25, 0.3) is 10.2 Å². The SMILES string of the molecule is NCCc1csc2nc[nH]c(=O)c12. The number of aromatic nitrogens is 2. The van der Waals surface area contributed by atoms with E-state index in [-0.39, 0.29) is 5.56 Å². The maximum atomic E-state index is 11.4. The highest BCUT2D eigenvalue weighted by molar-refractivity contribution is 7.16. The van der Waals surface area contributed by atoms with Crippen molar-refractivity contribution in [2.75, 3.05) is 6.54 Å². The van der Waals surface area contributed by atoms with Crippen LogP contribution in [0, 0.1) is 0 Å². The van der Waals surface area contributed by atoms with Crippen molar-refractivity contribution in [2.24, 2.45) is 5.73 Å². The van der Waals surface area contributed by atoms with Crippen LogP contribution < -0.4 is 11.3 Å². The largest absolute Gasteiger partial charge is 0.330 e. The predicted molar refractivity (Wildman–Crippen MR) is 53.0 cm³/mol. The van der Waals surface area contributed by atoms with Crippen LogP contribution in [0.4, 0.5) is 0 Å². The van der Waals surface area contributed by atoms with Gasteiger partial charge in [-0.2, -0.15) is 0 Å². The highest BCUT2D eigenvalue weighted by atomic mass is 32.1. The Hall–Kier alpha value is -1.20. The molecule has 0 radical (unpaired) electrons. The van der Waals surface area contributed by atoms with Gasteiger partial charge in [-0.05, 0) is 23.9 Å². The van der Waals surface area contributed by atoms with Crippen LogP contribution in [0.15, 0.2) is 16.5 Å². The summed E-state index contributed by atoms with van der Waals surface area (Å²) in [4.78, 5) is 18.8. The molecular weight excluding hydrogens is 186 g/mol. The molecule has 68 valence electrons. The number of fused-ring (bicyclic) bond motifs is 1. The van der Waals surface area contributed by atoms with Gasteiger partial charge in [-0.1, -0.05) is 0 Å². The van der Waals surface area contributed by atoms with Crippen LogP contribution in [-0.4, -0.2) is 16.5 Å². The summed E-state index contributed by atoms with van der Waals surface area (Å²) >= 11 is 1.48. The van der Waals surface area contributed by atoms with E-state index in [1.807, 2.05) is 5.38 Å². The van der Waals surface area contributed by atoms with Gasteiger partial charge in [0.2, 0.25) is 0 Å². The second-order valence-corrected chi connectivity index (χ2v) is 3.57. The molecular formula is C8H9N3OS. The van der Waals surface area contributed by atoms with Crippen molar-refractivity contribution in [1.29, 1.82) is 0 Å². The van der Waals surface area contributed by atoms with E-state index >= 15 is 0 Å². The van der Waals surface area contributed by atoms with Crippen molar-refractivity contribution < 1.29 is 0 Å². The fraction of sp³-hybridized carbons (Fsp3) is 0.250. The Balaban J connectivity index is 2.71. The number of hydrogen-bond acceptors (Lipinski definition) is 4. The Labute approximate surface area is 78.4 Å². The lowest BCUT2D eigenvalue weighted by molar-refractivity contribution is 0.978. The molecule has 0 amide bonds. The van der Waals surface area contributed by atoms with Crippen LogP contribution in [0.1, 0.15) is 5.56 Å². The monoisotopic (exact) mass is 195 g/mol. The van der Waals surface area contributed by atoms with Gasteiger partial charge < -0.3 is 10.7 Å². The maximum absolute atomic E-state index is 11.4. The number of nitrogens with one attached hydrogen (secondary N) is 1. The zero-order valence-corrected chi connectivity index (χ0v) is 7.73. The molecule has 0 aliphatic rings. The molecule has 0 saturated heterocycles. The van der Waals surface area contributed by atoms with Crippen molar-refractivity contribution in [2.45, 2.75) is 6.42 Å². The molecule has 0 aliphatic carbocycles. The summed E-state index contributed by atoms with van der Waals surface area (Å²) in [5.41, 5.74) is 6.36. The van der Waals surface area contributed by atoms with Gasteiger partial charge in [0.25, 0.3) is 5.56 Å². The molecule has 2 heterocycles. The molecule has 0 saturated carbocycles. The van der Waals surface area contributed by atoms with Gasteiger partial charge in [0.05, 0.1) is 11.7 Å². The zero-order chi connectivity index (χ0) is 9.26. The van der Waals surface area contributed by atoms with Gasteiger partial charge in [-0.25, -0.2) is 4.98 Å². The predicted octanol–water partition coefficient (Wildman–Crippen LogP) is 0.486. The fourth-order valence-corrected chi connectivity index (χ4v) is 2.23. The summed E-state index contributed by atoms with van der Waals surface area (Å²) in [6.07, 6.45) is 2.15. The minimum absolute atomic E-state index is 0.0744. The number of aromatic amines is 1. The molecule has 0 aromatic carbocycles. The topological polar surface area (TPSA) is 71.8 Å². The molecule has 4 nitrogen and oxygen atoms in total. The Morgan fingerprint density at radius 2 is 2.46 bits per heavy atom. The van der Waals surface area contributed by atoms with Gasteiger partial charge in [0, 0.05) is 0 Å². The van der Waals surface area contributed by atoms with Crippen molar-refractivity contribution in [3.8, 4) is 0 Å². The molecule has 2 aromatic rings. The van der Waals surface area contributed by atoms with Crippen molar-refractivity contribution in [3.05, 3.63) is 27.6 Å².